The first kappa shape index (κ1) is 12.4. The van der Waals surface area contributed by atoms with Crippen LogP contribution in [0.2, 0.25) is 0 Å². The molecule has 4 heterocycles. The molecule has 0 aliphatic carbocycles. The summed E-state index contributed by atoms with van der Waals surface area (Å²) >= 11 is 1.72. The van der Waals surface area contributed by atoms with Crippen molar-refractivity contribution in [2.75, 3.05) is 13.1 Å². The maximum absolute atomic E-state index is 5.93. The predicted molar refractivity (Wildman–Crippen MR) is 74.4 cm³/mol. The Hall–Kier alpha value is -1.31. The molecule has 0 unspecified atom stereocenters. The fraction of sp³-hybridized carbons (Fsp3) is 0.615. The van der Waals surface area contributed by atoms with Gasteiger partial charge >= 0.3 is 0 Å². The molecule has 106 valence electrons. The van der Waals surface area contributed by atoms with Gasteiger partial charge in [0.2, 0.25) is 0 Å². The maximum atomic E-state index is 5.93. The molecule has 0 N–H and O–H groups in total. The smallest absolute Gasteiger partial charge is 0.0930 e. The lowest BCUT2D eigenvalue weighted by molar-refractivity contribution is -0.0671. The number of hydrogen-bond donors (Lipinski definition) is 0. The van der Waals surface area contributed by atoms with Crippen LogP contribution in [0.5, 0.6) is 0 Å². The van der Waals surface area contributed by atoms with Crippen LogP contribution in [0.4, 0.5) is 0 Å². The number of nitrogens with zero attached hydrogens (tertiary/aromatic N) is 5. The van der Waals surface area contributed by atoms with Crippen molar-refractivity contribution < 1.29 is 4.74 Å². The molecule has 2 atom stereocenters. The summed E-state index contributed by atoms with van der Waals surface area (Å²) in [4.78, 5) is 8.22. The highest BCUT2D eigenvalue weighted by molar-refractivity contribution is 7.09. The second-order valence-electron chi connectivity index (χ2n) is 5.47. The number of piperidine rings is 1. The van der Waals surface area contributed by atoms with Gasteiger partial charge in [0, 0.05) is 24.5 Å². The van der Waals surface area contributed by atoms with Crippen molar-refractivity contribution in [2.24, 2.45) is 0 Å². The molecule has 0 saturated carbocycles. The predicted octanol–water partition coefficient (Wildman–Crippen LogP) is 1.39. The first-order chi connectivity index (χ1) is 9.81. The molecule has 6 nitrogen and oxygen atoms in total. The average Bonchev–Trinajstić information content (AvgIpc) is 3.08. The number of aromatic nitrogens is 4. The zero-order valence-electron chi connectivity index (χ0n) is 11.4. The van der Waals surface area contributed by atoms with Gasteiger partial charge in [-0.1, -0.05) is 5.21 Å². The number of fused-ring (bicyclic) bond motifs is 3. The molecule has 2 aromatic rings. The van der Waals surface area contributed by atoms with Crippen LogP contribution >= 0.6 is 11.3 Å². The van der Waals surface area contributed by atoms with Crippen molar-refractivity contribution in [1.82, 2.24) is 24.9 Å². The molecule has 1 fully saturated rings. The van der Waals surface area contributed by atoms with Crippen LogP contribution in [-0.2, 0) is 17.9 Å². The van der Waals surface area contributed by atoms with E-state index in [1.165, 1.54) is 10.6 Å². The van der Waals surface area contributed by atoms with Gasteiger partial charge in [0.05, 0.1) is 41.8 Å². The van der Waals surface area contributed by atoms with Crippen LogP contribution in [-0.4, -0.2) is 44.1 Å². The van der Waals surface area contributed by atoms with Gasteiger partial charge in [-0.25, -0.2) is 9.67 Å². The first-order valence-corrected chi connectivity index (χ1v) is 7.81. The molecular weight excluding hydrogens is 274 g/mol. The van der Waals surface area contributed by atoms with Crippen molar-refractivity contribution in [3.63, 3.8) is 0 Å². The minimum atomic E-state index is 0.275. The molecule has 0 spiro atoms. The Morgan fingerprint density at radius 1 is 1.50 bits per heavy atom. The number of aryl methyl sites for hydroxylation is 1. The van der Waals surface area contributed by atoms with Crippen LogP contribution in [0, 0.1) is 6.92 Å². The summed E-state index contributed by atoms with van der Waals surface area (Å²) < 4.78 is 7.98. The quantitative estimate of drug-likeness (QED) is 0.837. The summed E-state index contributed by atoms with van der Waals surface area (Å²) in [5.41, 5.74) is 4.21. The summed E-state index contributed by atoms with van der Waals surface area (Å²) in [6, 6.07) is 0.286. The Morgan fingerprint density at radius 2 is 2.45 bits per heavy atom. The summed E-state index contributed by atoms with van der Waals surface area (Å²) in [5.74, 6) is 0. The van der Waals surface area contributed by atoms with Crippen LogP contribution in [0.3, 0.4) is 0 Å². The van der Waals surface area contributed by atoms with Crippen molar-refractivity contribution in [2.45, 2.75) is 38.6 Å². The Labute approximate surface area is 121 Å². The lowest BCUT2D eigenvalue weighted by atomic mass is 10.0. The second kappa shape index (κ2) is 4.91. The molecule has 20 heavy (non-hydrogen) atoms. The van der Waals surface area contributed by atoms with Crippen LogP contribution in [0.25, 0.3) is 0 Å². The van der Waals surface area contributed by atoms with E-state index in [2.05, 4.69) is 27.1 Å². The molecule has 0 amide bonds. The van der Waals surface area contributed by atoms with Crippen LogP contribution in [0.1, 0.15) is 28.7 Å². The average molecular weight is 291 g/mol. The van der Waals surface area contributed by atoms with Gasteiger partial charge in [-0.05, 0) is 13.3 Å². The first-order valence-electron chi connectivity index (χ1n) is 6.93. The number of rotatable bonds is 2. The number of thiazole rings is 1. The Morgan fingerprint density at radius 3 is 3.30 bits per heavy atom. The Balaban J connectivity index is 1.52. The Bertz CT molecular complexity index is 609. The van der Waals surface area contributed by atoms with E-state index >= 15 is 0 Å². The van der Waals surface area contributed by atoms with E-state index in [1.807, 2.05) is 10.2 Å². The van der Waals surface area contributed by atoms with Gasteiger partial charge in [0.25, 0.3) is 0 Å². The molecule has 2 aromatic heterocycles. The number of hydrogen-bond acceptors (Lipinski definition) is 6. The molecule has 0 radical (unpaired) electrons. The van der Waals surface area contributed by atoms with E-state index < -0.39 is 0 Å². The maximum Gasteiger partial charge on any atom is 0.0930 e. The zero-order chi connectivity index (χ0) is 13.5. The fourth-order valence-electron chi connectivity index (χ4n) is 3.08. The largest absolute Gasteiger partial charge is 0.370 e. The summed E-state index contributed by atoms with van der Waals surface area (Å²) in [6.07, 6.45) is 3.13. The lowest BCUT2D eigenvalue weighted by Crippen LogP contribution is -2.47. The number of ether oxygens (including phenoxy) is 1. The molecule has 0 aromatic carbocycles. The topological polar surface area (TPSA) is 56.1 Å². The standard InChI is InChI=1S/C13H17N5OS/c1-9-11(14-8-20-9)5-17-3-2-13-12(6-17)18-10(7-19-13)4-15-16-18/h4,8,12-13H,2-3,5-7H2,1H3/t12-,13-/m1/s1. The van der Waals surface area contributed by atoms with Crippen LogP contribution in [0.15, 0.2) is 11.7 Å². The molecular formula is C13H17N5OS. The minimum absolute atomic E-state index is 0.275. The highest BCUT2D eigenvalue weighted by Gasteiger charge is 2.36. The van der Waals surface area contributed by atoms with Crippen molar-refractivity contribution in [3.8, 4) is 0 Å². The van der Waals surface area contributed by atoms with E-state index in [4.69, 9.17) is 4.74 Å². The van der Waals surface area contributed by atoms with Gasteiger partial charge in [0.15, 0.2) is 0 Å². The molecule has 4 rings (SSSR count). The number of likely N-dealkylation sites (tertiary alicyclic amines) is 1. The second-order valence-corrected chi connectivity index (χ2v) is 6.52. The third kappa shape index (κ3) is 2.06. The molecule has 2 aliphatic heterocycles. The highest BCUT2D eigenvalue weighted by Crippen LogP contribution is 2.30. The summed E-state index contributed by atoms with van der Waals surface area (Å²) in [5, 5.41) is 8.25. The molecule has 7 heteroatoms. The van der Waals surface area contributed by atoms with Gasteiger partial charge in [-0.2, -0.15) is 0 Å². The van der Waals surface area contributed by atoms with Crippen molar-refractivity contribution in [3.05, 3.63) is 28.0 Å². The van der Waals surface area contributed by atoms with E-state index in [9.17, 15) is 0 Å². The molecule has 2 aliphatic rings. The third-order valence-electron chi connectivity index (χ3n) is 4.23. The summed E-state index contributed by atoms with van der Waals surface area (Å²) in [7, 11) is 0. The minimum Gasteiger partial charge on any atom is -0.370 e. The zero-order valence-corrected chi connectivity index (χ0v) is 12.2. The van der Waals surface area contributed by atoms with Gasteiger partial charge in [-0.15, -0.1) is 16.4 Å². The summed E-state index contributed by atoms with van der Waals surface area (Å²) in [6.45, 7) is 5.71. The monoisotopic (exact) mass is 291 g/mol. The van der Waals surface area contributed by atoms with E-state index in [-0.39, 0.29) is 12.1 Å². The van der Waals surface area contributed by atoms with Gasteiger partial charge in [0.1, 0.15) is 0 Å². The third-order valence-corrected chi connectivity index (χ3v) is 5.03. The van der Waals surface area contributed by atoms with Crippen molar-refractivity contribution in [1.29, 1.82) is 0 Å². The Kier molecular flexibility index (Phi) is 3.05. The van der Waals surface area contributed by atoms with Crippen molar-refractivity contribution >= 4 is 11.3 Å². The molecule has 1 saturated heterocycles. The van der Waals surface area contributed by atoms with Gasteiger partial charge < -0.3 is 4.74 Å². The molecule has 0 bridgehead atoms. The fourth-order valence-corrected chi connectivity index (χ4v) is 3.67. The highest BCUT2D eigenvalue weighted by atomic mass is 32.1. The van der Waals surface area contributed by atoms with E-state index in [0.717, 1.165) is 31.7 Å². The van der Waals surface area contributed by atoms with E-state index in [0.29, 0.717) is 6.61 Å². The van der Waals surface area contributed by atoms with Crippen LogP contribution < -0.4 is 0 Å². The SMILES string of the molecule is Cc1scnc1CN1CC[C@H]2OCc3cnnn3[C@@H]2C1. The normalized spacial score (nSPS) is 26.2. The van der Waals surface area contributed by atoms with E-state index in [1.54, 1.807) is 17.5 Å². The lowest BCUT2D eigenvalue weighted by Gasteiger charge is -2.40. The van der Waals surface area contributed by atoms with Gasteiger partial charge in [-0.3, -0.25) is 4.90 Å².